The molecule has 0 spiro atoms. The highest BCUT2D eigenvalue weighted by Gasteiger charge is 2.26. The summed E-state index contributed by atoms with van der Waals surface area (Å²) in [7, 11) is 1.46. The van der Waals surface area contributed by atoms with E-state index in [1.165, 1.54) is 7.11 Å². The number of methoxy groups -OCH3 is 1. The van der Waals surface area contributed by atoms with Gasteiger partial charge in [0.05, 0.1) is 0 Å². The summed E-state index contributed by atoms with van der Waals surface area (Å²) in [6.07, 6.45) is 3.04. The van der Waals surface area contributed by atoms with E-state index in [0.29, 0.717) is 17.0 Å². The third-order valence-corrected chi connectivity index (χ3v) is 5.03. The maximum Gasteiger partial charge on any atom is 0.250 e. The molecule has 0 unspecified atom stereocenters. The van der Waals surface area contributed by atoms with Crippen molar-refractivity contribution >= 4 is 34.7 Å². The normalized spacial score (nSPS) is 14.6. The average Bonchev–Trinajstić information content (AvgIpc) is 3.22. The molecule has 0 saturated carbocycles. The van der Waals surface area contributed by atoms with Gasteiger partial charge < -0.3 is 20.3 Å². The zero-order valence-electron chi connectivity index (χ0n) is 16.6. The van der Waals surface area contributed by atoms with Crippen LogP contribution >= 0.6 is 0 Å². The summed E-state index contributed by atoms with van der Waals surface area (Å²) >= 11 is 0. The maximum absolute atomic E-state index is 12.7. The van der Waals surface area contributed by atoms with Gasteiger partial charge in [-0.3, -0.25) is 9.59 Å². The van der Waals surface area contributed by atoms with Gasteiger partial charge in [-0.25, -0.2) is 0 Å². The van der Waals surface area contributed by atoms with Gasteiger partial charge in [-0.1, -0.05) is 6.07 Å². The first-order valence-electron chi connectivity index (χ1n) is 9.74. The molecule has 10 heteroatoms. The van der Waals surface area contributed by atoms with E-state index >= 15 is 0 Å². The summed E-state index contributed by atoms with van der Waals surface area (Å²) in [5, 5.41) is 18.0. The quantitative estimate of drug-likeness (QED) is 0.635. The van der Waals surface area contributed by atoms with Gasteiger partial charge in [-0.15, -0.1) is 15.3 Å². The van der Waals surface area contributed by atoms with E-state index in [-0.39, 0.29) is 24.3 Å². The number of carbonyl (C=O) groups is 2. The summed E-state index contributed by atoms with van der Waals surface area (Å²) in [6.45, 7) is 1.46. The lowest BCUT2D eigenvalue weighted by Gasteiger charge is -2.32. The number of fused-ring (bicyclic) bond motifs is 1. The molecule has 10 nitrogen and oxygen atoms in total. The van der Waals surface area contributed by atoms with Crippen LogP contribution in [-0.4, -0.2) is 58.4 Å². The van der Waals surface area contributed by atoms with Crippen molar-refractivity contribution in [3.8, 4) is 0 Å². The fourth-order valence-corrected chi connectivity index (χ4v) is 3.51. The van der Waals surface area contributed by atoms with E-state index < -0.39 is 0 Å². The van der Waals surface area contributed by atoms with Crippen molar-refractivity contribution in [2.45, 2.75) is 12.8 Å². The second kappa shape index (κ2) is 8.87. The third-order valence-electron chi connectivity index (χ3n) is 5.03. The van der Waals surface area contributed by atoms with Crippen LogP contribution in [0.5, 0.6) is 0 Å². The van der Waals surface area contributed by atoms with Crippen LogP contribution in [0.4, 0.5) is 17.2 Å². The molecule has 30 heavy (non-hydrogen) atoms. The van der Waals surface area contributed by atoms with E-state index in [1.54, 1.807) is 35.1 Å². The first-order valence-corrected chi connectivity index (χ1v) is 9.74. The molecule has 2 aromatic heterocycles. The number of amides is 2. The van der Waals surface area contributed by atoms with Crippen LogP contribution in [0.1, 0.15) is 12.8 Å². The highest BCUT2D eigenvalue weighted by molar-refractivity contribution is 5.95. The lowest BCUT2D eigenvalue weighted by Crippen LogP contribution is -2.38. The molecule has 3 heterocycles. The van der Waals surface area contributed by atoms with Crippen molar-refractivity contribution < 1.29 is 14.3 Å². The number of aromatic nitrogens is 4. The SMILES string of the molecule is COCC(=O)Nc1cccc(NC(=O)C2CCN(c3ccc4nncn4n3)CC2)c1. The summed E-state index contributed by atoms with van der Waals surface area (Å²) in [5.41, 5.74) is 1.96. The van der Waals surface area contributed by atoms with Crippen LogP contribution in [-0.2, 0) is 14.3 Å². The Hall–Kier alpha value is -3.53. The Morgan fingerprint density at radius 3 is 2.67 bits per heavy atom. The molecular formula is C20H23N7O3. The predicted octanol–water partition coefficient (Wildman–Crippen LogP) is 1.56. The third kappa shape index (κ3) is 4.54. The molecular weight excluding hydrogens is 386 g/mol. The van der Waals surface area contributed by atoms with Gasteiger partial charge in [0.15, 0.2) is 5.65 Å². The molecule has 2 N–H and O–H groups in total. The standard InChI is InChI=1S/C20H23N7O3/c1-30-12-19(28)22-15-3-2-4-16(11-15)23-20(29)14-7-9-26(10-8-14)18-6-5-17-24-21-13-27(17)25-18/h2-6,11,13-14H,7-10,12H2,1H3,(H,22,28)(H,23,29). The molecule has 1 fully saturated rings. The highest BCUT2D eigenvalue weighted by Crippen LogP contribution is 2.24. The summed E-state index contributed by atoms with van der Waals surface area (Å²) < 4.78 is 6.46. The van der Waals surface area contributed by atoms with Gasteiger partial charge in [0.2, 0.25) is 11.8 Å². The summed E-state index contributed by atoms with van der Waals surface area (Å²) in [5.74, 6) is 0.510. The summed E-state index contributed by atoms with van der Waals surface area (Å²) in [6, 6.07) is 10.9. The van der Waals surface area contributed by atoms with Crippen LogP contribution in [0.3, 0.4) is 0 Å². The monoisotopic (exact) mass is 409 g/mol. The number of nitrogens with one attached hydrogen (secondary N) is 2. The fourth-order valence-electron chi connectivity index (χ4n) is 3.51. The van der Waals surface area contributed by atoms with Crippen molar-refractivity contribution in [2.24, 2.45) is 5.92 Å². The summed E-state index contributed by atoms with van der Waals surface area (Å²) in [4.78, 5) is 26.5. The molecule has 156 valence electrons. The Morgan fingerprint density at radius 1 is 1.13 bits per heavy atom. The first-order chi connectivity index (χ1) is 14.6. The van der Waals surface area contributed by atoms with Crippen molar-refractivity contribution in [1.29, 1.82) is 0 Å². The molecule has 0 aliphatic carbocycles. The Morgan fingerprint density at radius 2 is 1.90 bits per heavy atom. The van der Waals surface area contributed by atoms with E-state index in [0.717, 1.165) is 31.7 Å². The molecule has 1 aliphatic heterocycles. The Labute approximate surface area is 173 Å². The zero-order chi connectivity index (χ0) is 20.9. The number of hydrogen-bond donors (Lipinski definition) is 2. The Bertz CT molecular complexity index is 1040. The van der Waals surface area contributed by atoms with Crippen molar-refractivity contribution in [2.75, 3.05) is 42.3 Å². The molecule has 1 aliphatic rings. The Balaban J connectivity index is 1.32. The minimum atomic E-state index is -0.244. The lowest BCUT2D eigenvalue weighted by atomic mass is 9.96. The van der Waals surface area contributed by atoms with Gasteiger partial charge in [-0.2, -0.15) is 4.52 Å². The van der Waals surface area contributed by atoms with E-state index in [1.807, 2.05) is 12.1 Å². The lowest BCUT2D eigenvalue weighted by molar-refractivity contribution is -0.120. The molecule has 1 aromatic carbocycles. The van der Waals surface area contributed by atoms with E-state index in [4.69, 9.17) is 4.74 Å². The van der Waals surface area contributed by atoms with E-state index in [2.05, 4.69) is 30.8 Å². The van der Waals surface area contributed by atoms with Crippen LogP contribution in [0, 0.1) is 5.92 Å². The predicted molar refractivity (Wildman–Crippen MR) is 111 cm³/mol. The van der Waals surface area contributed by atoms with Crippen molar-refractivity contribution in [3.05, 3.63) is 42.7 Å². The molecule has 0 bridgehead atoms. The van der Waals surface area contributed by atoms with Gasteiger partial charge in [-0.05, 0) is 43.2 Å². The first kappa shape index (κ1) is 19.8. The second-order valence-corrected chi connectivity index (χ2v) is 7.14. The topological polar surface area (TPSA) is 114 Å². The molecule has 0 radical (unpaired) electrons. The number of piperidine rings is 1. The number of carbonyl (C=O) groups excluding carboxylic acids is 2. The molecule has 0 atom stereocenters. The molecule has 2 amide bonds. The molecule has 3 aromatic rings. The van der Waals surface area contributed by atoms with Crippen LogP contribution in [0.2, 0.25) is 0 Å². The largest absolute Gasteiger partial charge is 0.375 e. The number of hydrogen-bond acceptors (Lipinski definition) is 7. The maximum atomic E-state index is 12.7. The number of rotatable bonds is 6. The van der Waals surface area contributed by atoms with Crippen LogP contribution in [0.15, 0.2) is 42.7 Å². The fraction of sp³-hybridized carbons (Fsp3) is 0.350. The number of nitrogens with zero attached hydrogens (tertiary/aromatic N) is 5. The minimum absolute atomic E-state index is 0.0164. The highest BCUT2D eigenvalue weighted by atomic mass is 16.5. The van der Waals surface area contributed by atoms with Gasteiger partial charge in [0.1, 0.15) is 18.8 Å². The zero-order valence-corrected chi connectivity index (χ0v) is 16.6. The number of anilines is 3. The van der Waals surface area contributed by atoms with Crippen molar-refractivity contribution in [3.63, 3.8) is 0 Å². The Kier molecular flexibility index (Phi) is 5.84. The van der Waals surface area contributed by atoms with Crippen LogP contribution in [0.25, 0.3) is 5.65 Å². The van der Waals surface area contributed by atoms with E-state index in [9.17, 15) is 9.59 Å². The number of ether oxygens (including phenoxy) is 1. The van der Waals surface area contributed by atoms with Crippen molar-refractivity contribution in [1.82, 2.24) is 19.8 Å². The minimum Gasteiger partial charge on any atom is -0.375 e. The molecule has 1 saturated heterocycles. The average molecular weight is 409 g/mol. The second-order valence-electron chi connectivity index (χ2n) is 7.14. The molecule has 4 rings (SSSR count). The smallest absolute Gasteiger partial charge is 0.250 e. The number of benzene rings is 1. The van der Waals surface area contributed by atoms with Gasteiger partial charge in [0.25, 0.3) is 0 Å². The van der Waals surface area contributed by atoms with Gasteiger partial charge >= 0.3 is 0 Å². The van der Waals surface area contributed by atoms with Gasteiger partial charge in [0, 0.05) is 37.5 Å². The van der Waals surface area contributed by atoms with Crippen LogP contribution < -0.4 is 15.5 Å².